The summed E-state index contributed by atoms with van der Waals surface area (Å²) in [5, 5.41) is 12.8. The summed E-state index contributed by atoms with van der Waals surface area (Å²) in [6, 6.07) is 14.9. The van der Waals surface area contributed by atoms with Crippen molar-refractivity contribution in [3.8, 4) is 6.07 Å². The molecule has 1 amide bonds. The minimum atomic E-state index is -0.460. The third-order valence-electron chi connectivity index (χ3n) is 5.21. The number of nitriles is 1. The van der Waals surface area contributed by atoms with Crippen molar-refractivity contribution in [2.24, 2.45) is 0 Å². The van der Waals surface area contributed by atoms with Gasteiger partial charge in [-0.25, -0.2) is 0 Å². The molecular weight excluding hydrogens is 394 g/mol. The zero-order valence-electron chi connectivity index (χ0n) is 17.8. The van der Waals surface area contributed by atoms with Gasteiger partial charge in [0.05, 0.1) is 5.54 Å². The van der Waals surface area contributed by atoms with Gasteiger partial charge in [-0.1, -0.05) is 36.7 Å². The van der Waals surface area contributed by atoms with Crippen LogP contribution in [-0.4, -0.2) is 18.0 Å². The highest BCUT2D eigenvalue weighted by molar-refractivity contribution is 6.31. The second kappa shape index (κ2) is 8.77. The maximum absolute atomic E-state index is 12.6. The van der Waals surface area contributed by atoms with Crippen LogP contribution in [0.15, 0.2) is 54.1 Å². The molecule has 3 rings (SSSR count). The number of hydrogen-bond acceptors (Lipinski definition) is 3. The molecule has 0 aliphatic carbocycles. The van der Waals surface area contributed by atoms with E-state index in [9.17, 15) is 10.1 Å². The number of allylic oxidation sites excluding steroid dienone is 1. The average molecular weight is 420 g/mol. The molecule has 1 aliphatic heterocycles. The van der Waals surface area contributed by atoms with Crippen LogP contribution in [-0.2, 0) is 4.79 Å². The fourth-order valence-corrected chi connectivity index (χ4v) is 4.09. The van der Waals surface area contributed by atoms with Crippen molar-refractivity contribution in [2.45, 2.75) is 39.7 Å². The van der Waals surface area contributed by atoms with Gasteiger partial charge in [-0.05, 0) is 74.7 Å². The number of nitrogens with one attached hydrogen (secondary N) is 1. The number of benzene rings is 2. The molecule has 0 fully saturated rings. The van der Waals surface area contributed by atoms with Gasteiger partial charge in [0.1, 0.15) is 11.6 Å². The largest absolute Gasteiger partial charge is 0.362 e. The maximum atomic E-state index is 12.6. The molecule has 2 aromatic rings. The predicted molar refractivity (Wildman–Crippen MR) is 125 cm³/mol. The van der Waals surface area contributed by atoms with Crippen LogP contribution in [0.2, 0.25) is 5.02 Å². The summed E-state index contributed by atoms with van der Waals surface area (Å²) < 4.78 is 0. The zero-order chi connectivity index (χ0) is 21.9. The molecule has 30 heavy (non-hydrogen) atoms. The Morgan fingerprint density at radius 1 is 1.27 bits per heavy atom. The number of rotatable bonds is 5. The number of hydrogen-bond donors (Lipinski definition) is 1. The lowest BCUT2D eigenvalue weighted by molar-refractivity contribution is -0.112. The van der Waals surface area contributed by atoms with Crippen molar-refractivity contribution < 1.29 is 4.79 Å². The molecule has 0 unspecified atom stereocenters. The lowest BCUT2D eigenvalue weighted by atomic mass is 9.87. The van der Waals surface area contributed by atoms with Crippen molar-refractivity contribution in [1.82, 2.24) is 0 Å². The van der Waals surface area contributed by atoms with Crippen LogP contribution in [0.5, 0.6) is 0 Å². The fourth-order valence-electron chi connectivity index (χ4n) is 3.90. The van der Waals surface area contributed by atoms with Gasteiger partial charge in [-0.3, -0.25) is 4.79 Å². The van der Waals surface area contributed by atoms with E-state index >= 15 is 0 Å². The van der Waals surface area contributed by atoms with Crippen molar-refractivity contribution in [3.63, 3.8) is 0 Å². The number of amides is 1. The fraction of sp³-hybridized carbons (Fsp3) is 0.280. The highest BCUT2D eigenvalue weighted by Gasteiger charge is 2.30. The first kappa shape index (κ1) is 21.7. The number of carbonyl (C=O) groups excluding carboxylic acids is 1. The van der Waals surface area contributed by atoms with Crippen LogP contribution < -0.4 is 10.2 Å². The van der Waals surface area contributed by atoms with Gasteiger partial charge >= 0.3 is 0 Å². The SMILES string of the molecule is CCCN1c2ccc(/C=C(\C#N)C(=O)Nc3cccc(Cl)c3)cc2C(C)=CC1(C)C. The van der Waals surface area contributed by atoms with E-state index in [1.165, 1.54) is 11.3 Å². The highest BCUT2D eigenvalue weighted by atomic mass is 35.5. The van der Waals surface area contributed by atoms with Gasteiger partial charge in [0.25, 0.3) is 5.91 Å². The Morgan fingerprint density at radius 2 is 2.03 bits per heavy atom. The molecule has 4 nitrogen and oxygen atoms in total. The third-order valence-corrected chi connectivity index (χ3v) is 5.44. The molecule has 0 saturated heterocycles. The lowest BCUT2D eigenvalue weighted by Gasteiger charge is -2.43. The van der Waals surface area contributed by atoms with Gasteiger partial charge in [0.15, 0.2) is 0 Å². The molecule has 2 aromatic carbocycles. The molecule has 1 N–H and O–H groups in total. The van der Waals surface area contributed by atoms with E-state index in [0.29, 0.717) is 10.7 Å². The summed E-state index contributed by atoms with van der Waals surface area (Å²) in [6.07, 6.45) is 4.95. The minimum Gasteiger partial charge on any atom is -0.362 e. The minimum absolute atomic E-state index is 0.0399. The topological polar surface area (TPSA) is 56.1 Å². The van der Waals surface area contributed by atoms with Gasteiger partial charge in [0, 0.05) is 28.5 Å². The number of anilines is 2. The number of fused-ring (bicyclic) bond motifs is 1. The molecular formula is C25H26ClN3O. The Bertz CT molecular complexity index is 1080. The molecule has 0 spiro atoms. The monoisotopic (exact) mass is 419 g/mol. The normalized spacial score (nSPS) is 15.1. The molecule has 5 heteroatoms. The predicted octanol–water partition coefficient (Wildman–Crippen LogP) is 6.30. The van der Waals surface area contributed by atoms with Gasteiger partial charge < -0.3 is 10.2 Å². The Balaban J connectivity index is 1.92. The summed E-state index contributed by atoms with van der Waals surface area (Å²) in [6.45, 7) is 9.68. The maximum Gasteiger partial charge on any atom is 0.266 e. The van der Waals surface area contributed by atoms with Crippen LogP contribution in [0.25, 0.3) is 11.6 Å². The van der Waals surface area contributed by atoms with Crippen molar-refractivity contribution in [2.75, 3.05) is 16.8 Å². The first-order chi connectivity index (χ1) is 14.2. The standard InChI is InChI=1S/C25H26ClN3O/c1-5-11-29-23-10-9-18(13-22(23)17(2)15-25(29,3)4)12-19(16-27)24(30)28-21-8-6-7-20(26)14-21/h6-10,12-15H,5,11H2,1-4H3,(H,28,30)/b19-12+. The Kier molecular flexibility index (Phi) is 6.34. The Hall–Kier alpha value is -3.03. The second-order valence-electron chi connectivity index (χ2n) is 8.04. The van der Waals surface area contributed by atoms with Crippen LogP contribution in [0.1, 0.15) is 45.2 Å². The van der Waals surface area contributed by atoms with E-state index in [1.807, 2.05) is 18.2 Å². The third kappa shape index (κ3) is 4.58. The summed E-state index contributed by atoms with van der Waals surface area (Å²) in [7, 11) is 0. The van der Waals surface area contributed by atoms with Crippen LogP contribution in [0, 0.1) is 11.3 Å². The molecule has 0 saturated carbocycles. The summed E-state index contributed by atoms with van der Waals surface area (Å²) in [5.41, 5.74) is 4.85. The van der Waals surface area contributed by atoms with Gasteiger partial charge in [-0.2, -0.15) is 5.26 Å². The molecule has 1 aliphatic rings. The summed E-state index contributed by atoms with van der Waals surface area (Å²) in [5.74, 6) is -0.460. The summed E-state index contributed by atoms with van der Waals surface area (Å²) >= 11 is 5.97. The quantitative estimate of drug-likeness (QED) is 0.457. The number of carbonyl (C=O) groups is 1. The van der Waals surface area contributed by atoms with E-state index in [0.717, 1.165) is 24.1 Å². The van der Waals surface area contributed by atoms with E-state index < -0.39 is 5.91 Å². The average Bonchev–Trinajstić information content (AvgIpc) is 2.69. The second-order valence-corrected chi connectivity index (χ2v) is 8.48. The van der Waals surface area contributed by atoms with Crippen LogP contribution >= 0.6 is 11.6 Å². The number of halogens is 1. The lowest BCUT2D eigenvalue weighted by Crippen LogP contribution is -2.45. The van der Waals surface area contributed by atoms with Gasteiger partial charge in [-0.15, -0.1) is 0 Å². The van der Waals surface area contributed by atoms with E-state index in [2.05, 4.69) is 50.1 Å². The summed E-state index contributed by atoms with van der Waals surface area (Å²) in [4.78, 5) is 15.0. The van der Waals surface area contributed by atoms with E-state index in [-0.39, 0.29) is 11.1 Å². The first-order valence-corrected chi connectivity index (χ1v) is 10.4. The van der Waals surface area contributed by atoms with Crippen molar-refractivity contribution in [3.05, 3.63) is 70.3 Å². The van der Waals surface area contributed by atoms with Crippen LogP contribution in [0.3, 0.4) is 0 Å². The smallest absolute Gasteiger partial charge is 0.266 e. The zero-order valence-corrected chi connectivity index (χ0v) is 18.5. The number of nitrogens with zero attached hydrogens (tertiary/aromatic N) is 2. The van der Waals surface area contributed by atoms with Crippen molar-refractivity contribution in [1.29, 1.82) is 5.26 Å². The van der Waals surface area contributed by atoms with E-state index in [4.69, 9.17) is 11.6 Å². The first-order valence-electron chi connectivity index (χ1n) is 10.1. The molecule has 1 heterocycles. The van der Waals surface area contributed by atoms with Crippen molar-refractivity contribution >= 4 is 40.5 Å². The molecule has 0 bridgehead atoms. The Labute approximate surface area is 183 Å². The van der Waals surface area contributed by atoms with Gasteiger partial charge in [0.2, 0.25) is 0 Å². The molecule has 0 aromatic heterocycles. The van der Waals surface area contributed by atoms with E-state index in [1.54, 1.807) is 30.3 Å². The molecule has 0 atom stereocenters. The van der Waals surface area contributed by atoms with Crippen LogP contribution in [0.4, 0.5) is 11.4 Å². The molecule has 0 radical (unpaired) electrons. The molecule has 154 valence electrons. The Morgan fingerprint density at radius 3 is 2.70 bits per heavy atom. The highest BCUT2D eigenvalue weighted by Crippen LogP contribution is 2.39.